The lowest BCUT2D eigenvalue weighted by molar-refractivity contribution is 0.415. The van der Waals surface area contributed by atoms with Gasteiger partial charge in [0.05, 0.1) is 18.5 Å². The standard InChI is InChI=1S/C15H26N2O/c1-4-6-8-12(7-5-2)17-15-10-9-13(18-3)11-14(15)16/h9-12,17H,4-8,16H2,1-3H3. The smallest absolute Gasteiger partial charge is 0.121 e. The topological polar surface area (TPSA) is 47.3 Å². The van der Waals surface area contributed by atoms with E-state index in [1.165, 1.54) is 32.1 Å². The Bertz CT molecular complexity index is 352. The van der Waals surface area contributed by atoms with Crippen molar-refractivity contribution >= 4 is 11.4 Å². The maximum absolute atomic E-state index is 6.03. The van der Waals surface area contributed by atoms with Crippen LogP contribution in [0.2, 0.25) is 0 Å². The Labute approximate surface area is 111 Å². The van der Waals surface area contributed by atoms with Crippen molar-refractivity contribution in [1.29, 1.82) is 0 Å². The minimum Gasteiger partial charge on any atom is -0.497 e. The highest BCUT2D eigenvalue weighted by Crippen LogP contribution is 2.26. The van der Waals surface area contributed by atoms with Gasteiger partial charge in [0.2, 0.25) is 0 Å². The van der Waals surface area contributed by atoms with Gasteiger partial charge in [0, 0.05) is 12.1 Å². The normalized spacial score (nSPS) is 12.2. The second-order valence-corrected chi connectivity index (χ2v) is 4.73. The SMILES string of the molecule is CCCCC(CCC)Nc1ccc(OC)cc1N. The van der Waals surface area contributed by atoms with Gasteiger partial charge in [-0.1, -0.05) is 33.1 Å². The summed E-state index contributed by atoms with van der Waals surface area (Å²) in [6, 6.07) is 6.33. The maximum atomic E-state index is 6.03. The van der Waals surface area contributed by atoms with Crippen molar-refractivity contribution in [2.24, 2.45) is 0 Å². The zero-order valence-corrected chi connectivity index (χ0v) is 11.8. The first-order valence-corrected chi connectivity index (χ1v) is 6.91. The molecule has 0 aliphatic carbocycles. The quantitative estimate of drug-likeness (QED) is 0.684. The van der Waals surface area contributed by atoms with Crippen molar-refractivity contribution in [3.63, 3.8) is 0 Å². The summed E-state index contributed by atoms with van der Waals surface area (Å²) in [4.78, 5) is 0. The molecular weight excluding hydrogens is 224 g/mol. The van der Waals surface area contributed by atoms with Crippen LogP contribution in [0.5, 0.6) is 5.75 Å². The molecular formula is C15H26N2O. The molecule has 3 nitrogen and oxygen atoms in total. The van der Waals surface area contributed by atoms with E-state index in [-0.39, 0.29) is 0 Å². The van der Waals surface area contributed by atoms with Gasteiger partial charge in [-0.25, -0.2) is 0 Å². The van der Waals surface area contributed by atoms with E-state index in [1.54, 1.807) is 7.11 Å². The Hall–Kier alpha value is -1.38. The fourth-order valence-electron chi connectivity index (χ4n) is 2.11. The molecule has 0 aliphatic heterocycles. The van der Waals surface area contributed by atoms with Crippen LogP contribution in [0.15, 0.2) is 18.2 Å². The summed E-state index contributed by atoms with van der Waals surface area (Å²) in [5.74, 6) is 0.804. The molecule has 0 saturated heterocycles. The van der Waals surface area contributed by atoms with E-state index in [1.807, 2.05) is 18.2 Å². The minimum absolute atomic E-state index is 0.519. The molecule has 3 N–H and O–H groups in total. The van der Waals surface area contributed by atoms with E-state index in [0.717, 1.165) is 17.1 Å². The van der Waals surface area contributed by atoms with Crippen LogP contribution in [-0.2, 0) is 0 Å². The molecule has 0 bridgehead atoms. The number of benzene rings is 1. The number of nitrogen functional groups attached to an aromatic ring is 1. The molecule has 1 unspecified atom stereocenters. The van der Waals surface area contributed by atoms with Crippen molar-refractivity contribution in [3.05, 3.63) is 18.2 Å². The average molecular weight is 250 g/mol. The van der Waals surface area contributed by atoms with Gasteiger partial charge in [0.15, 0.2) is 0 Å². The Kier molecular flexibility index (Phi) is 6.40. The van der Waals surface area contributed by atoms with Gasteiger partial charge in [0.1, 0.15) is 5.75 Å². The number of ether oxygens (including phenoxy) is 1. The fraction of sp³-hybridized carbons (Fsp3) is 0.600. The third kappa shape index (κ3) is 4.47. The lowest BCUT2D eigenvalue weighted by Gasteiger charge is -2.20. The number of hydrogen-bond acceptors (Lipinski definition) is 3. The van der Waals surface area contributed by atoms with Crippen molar-refractivity contribution in [3.8, 4) is 5.75 Å². The second-order valence-electron chi connectivity index (χ2n) is 4.73. The fourth-order valence-corrected chi connectivity index (χ4v) is 2.11. The largest absolute Gasteiger partial charge is 0.497 e. The van der Waals surface area contributed by atoms with Gasteiger partial charge < -0.3 is 15.8 Å². The third-order valence-electron chi connectivity index (χ3n) is 3.16. The van der Waals surface area contributed by atoms with E-state index in [2.05, 4.69) is 19.2 Å². The third-order valence-corrected chi connectivity index (χ3v) is 3.16. The highest BCUT2D eigenvalue weighted by Gasteiger charge is 2.09. The predicted octanol–water partition coefficient (Wildman–Crippen LogP) is 4.05. The van der Waals surface area contributed by atoms with Crippen LogP contribution in [0.1, 0.15) is 46.0 Å². The molecule has 0 aliphatic rings. The van der Waals surface area contributed by atoms with Crippen LogP contribution in [0.3, 0.4) is 0 Å². The lowest BCUT2D eigenvalue weighted by Crippen LogP contribution is -2.19. The molecule has 102 valence electrons. The van der Waals surface area contributed by atoms with Crippen LogP contribution in [0.25, 0.3) is 0 Å². The first kappa shape index (κ1) is 14.7. The van der Waals surface area contributed by atoms with Crippen molar-refractivity contribution in [2.45, 2.75) is 52.0 Å². The Balaban J connectivity index is 2.67. The average Bonchev–Trinajstić information content (AvgIpc) is 2.38. The van der Waals surface area contributed by atoms with Gasteiger partial charge in [-0.05, 0) is 25.0 Å². The molecule has 0 amide bonds. The van der Waals surface area contributed by atoms with Gasteiger partial charge in [-0.15, -0.1) is 0 Å². The molecule has 1 atom stereocenters. The van der Waals surface area contributed by atoms with Crippen molar-refractivity contribution in [2.75, 3.05) is 18.2 Å². The molecule has 0 aromatic heterocycles. The van der Waals surface area contributed by atoms with Crippen LogP contribution in [-0.4, -0.2) is 13.2 Å². The van der Waals surface area contributed by atoms with Gasteiger partial charge in [-0.3, -0.25) is 0 Å². The molecule has 1 rings (SSSR count). The summed E-state index contributed by atoms with van der Waals surface area (Å²) in [6.45, 7) is 4.45. The molecule has 18 heavy (non-hydrogen) atoms. The van der Waals surface area contributed by atoms with Crippen molar-refractivity contribution in [1.82, 2.24) is 0 Å². The van der Waals surface area contributed by atoms with Crippen LogP contribution in [0.4, 0.5) is 11.4 Å². The summed E-state index contributed by atoms with van der Waals surface area (Å²) in [5.41, 5.74) is 7.80. The monoisotopic (exact) mass is 250 g/mol. The highest BCUT2D eigenvalue weighted by atomic mass is 16.5. The van der Waals surface area contributed by atoms with Crippen molar-refractivity contribution < 1.29 is 4.74 Å². The molecule has 0 saturated carbocycles. The zero-order valence-electron chi connectivity index (χ0n) is 11.8. The van der Waals surface area contributed by atoms with E-state index in [4.69, 9.17) is 10.5 Å². The summed E-state index contributed by atoms with van der Waals surface area (Å²) in [6.07, 6.45) is 6.08. The molecule has 3 heteroatoms. The Morgan fingerprint density at radius 2 is 2.00 bits per heavy atom. The zero-order chi connectivity index (χ0) is 13.4. The van der Waals surface area contributed by atoms with Crippen LogP contribution in [0, 0.1) is 0 Å². The Morgan fingerprint density at radius 3 is 2.56 bits per heavy atom. The molecule has 0 radical (unpaired) electrons. The van der Waals surface area contributed by atoms with Gasteiger partial charge >= 0.3 is 0 Å². The highest BCUT2D eigenvalue weighted by molar-refractivity contribution is 5.68. The summed E-state index contributed by atoms with van der Waals surface area (Å²) in [7, 11) is 1.66. The maximum Gasteiger partial charge on any atom is 0.121 e. The number of methoxy groups -OCH3 is 1. The van der Waals surface area contributed by atoms with Gasteiger partial charge in [-0.2, -0.15) is 0 Å². The second kappa shape index (κ2) is 7.85. The number of hydrogen-bond donors (Lipinski definition) is 2. The summed E-state index contributed by atoms with van der Waals surface area (Å²) < 4.78 is 5.16. The number of nitrogens with two attached hydrogens (primary N) is 1. The number of anilines is 2. The molecule has 0 heterocycles. The molecule has 0 fully saturated rings. The minimum atomic E-state index is 0.519. The van der Waals surface area contributed by atoms with E-state index < -0.39 is 0 Å². The predicted molar refractivity (Wildman–Crippen MR) is 79.3 cm³/mol. The Morgan fingerprint density at radius 1 is 1.22 bits per heavy atom. The lowest BCUT2D eigenvalue weighted by atomic mass is 10.0. The summed E-state index contributed by atoms with van der Waals surface area (Å²) >= 11 is 0. The summed E-state index contributed by atoms with van der Waals surface area (Å²) in [5, 5.41) is 3.55. The first-order chi connectivity index (χ1) is 8.71. The van der Waals surface area contributed by atoms with Crippen LogP contribution >= 0.6 is 0 Å². The number of nitrogens with one attached hydrogen (secondary N) is 1. The molecule has 0 spiro atoms. The first-order valence-electron chi connectivity index (χ1n) is 6.91. The van der Waals surface area contributed by atoms with E-state index >= 15 is 0 Å². The van der Waals surface area contributed by atoms with Crippen LogP contribution < -0.4 is 15.8 Å². The van der Waals surface area contributed by atoms with Gasteiger partial charge in [0.25, 0.3) is 0 Å². The number of rotatable bonds is 8. The van der Waals surface area contributed by atoms with E-state index in [9.17, 15) is 0 Å². The number of unbranched alkanes of at least 4 members (excludes halogenated alkanes) is 1. The van der Waals surface area contributed by atoms with E-state index in [0.29, 0.717) is 6.04 Å². The molecule has 1 aromatic carbocycles. The molecule has 1 aromatic rings.